The second-order valence-electron chi connectivity index (χ2n) is 7.87. The zero-order valence-electron chi connectivity index (χ0n) is 15.0. The number of fused-ring (bicyclic) bond motifs is 1. The smallest absolute Gasteiger partial charge is 0.227 e. The van der Waals surface area contributed by atoms with Gasteiger partial charge in [0.15, 0.2) is 0 Å². The van der Waals surface area contributed by atoms with Crippen LogP contribution in [0.2, 0.25) is 0 Å². The van der Waals surface area contributed by atoms with E-state index in [9.17, 15) is 5.11 Å². The minimum absolute atomic E-state index is 0.0601. The molecule has 0 radical (unpaired) electrons. The van der Waals surface area contributed by atoms with E-state index in [0.717, 1.165) is 42.4 Å². The molecule has 1 fully saturated rings. The molecule has 2 aliphatic heterocycles. The van der Waals surface area contributed by atoms with Crippen LogP contribution in [0.25, 0.3) is 0 Å². The Morgan fingerprint density at radius 2 is 1.96 bits per heavy atom. The second kappa shape index (κ2) is 5.91. The number of hydrogen-bond acceptors (Lipinski definition) is 7. The Balaban J connectivity index is 1.55. The molecule has 0 amide bonds. The predicted molar refractivity (Wildman–Crippen MR) is 95.5 cm³/mol. The maximum Gasteiger partial charge on any atom is 0.227 e. The molecule has 1 N–H and O–H groups in total. The third-order valence-electron chi connectivity index (χ3n) is 4.73. The number of anilines is 2. The molecule has 132 valence electrons. The van der Waals surface area contributed by atoms with E-state index >= 15 is 0 Å². The minimum atomic E-state index is -0.263. The molecule has 7 heteroatoms. The summed E-state index contributed by atoms with van der Waals surface area (Å²) in [5.74, 6) is 2.45. The van der Waals surface area contributed by atoms with Crippen molar-refractivity contribution in [3.8, 4) is 0 Å². The fourth-order valence-corrected chi connectivity index (χ4v) is 3.27. The van der Waals surface area contributed by atoms with E-state index in [-0.39, 0.29) is 11.5 Å². The highest BCUT2D eigenvalue weighted by Gasteiger charge is 2.27. The van der Waals surface area contributed by atoms with Gasteiger partial charge in [0, 0.05) is 43.0 Å². The maximum atomic E-state index is 9.74. The van der Waals surface area contributed by atoms with E-state index in [2.05, 4.69) is 40.5 Å². The molecular formula is C18H24N6O. The first-order chi connectivity index (χ1) is 11.9. The van der Waals surface area contributed by atoms with Crippen molar-refractivity contribution in [2.45, 2.75) is 51.8 Å². The van der Waals surface area contributed by atoms with Crippen molar-refractivity contribution in [2.24, 2.45) is 0 Å². The first-order valence-corrected chi connectivity index (χ1v) is 8.76. The van der Waals surface area contributed by atoms with E-state index in [0.29, 0.717) is 19.0 Å². The molecule has 0 aliphatic carbocycles. The highest BCUT2D eigenvalue weighted by molar-refractivity contribution is 5.47. The van der Waals surface area contributed by atoms with Gasteiger partial charge < -0.3 is 14.9 Å². The summed E-state index contributed by atoms with van der Waals surface area (Å²) in [6.45, 7) is 9.27. The van der Waals surface area contributed by atoms with Gasteiger partial charge in [-0.15, -0.1) is 0 Å². The Labute approximate surface area is 147 Å². The zero-order chi connectivity index (χ0) is 17.6. The molecular weight excluding hydrogens is 316 g/mol. The Morgan fingerprint density at radius 3 is 2.68 bits per heavy atom. The summed E-state index contributed by atoms with van der Waals surface area (Å²) < 4.78 is 0. The van der Waals surface area contributed by atoms with Gasteiger partial charge in [-0.3, -0.25) is 0 Å². The molecule has 2 aliphatic rings. The number of hydrogen-bond donors (Lipinski definition) is 1. The average Bonchev–Trinajstić information content (AvgIpc) is 3.19. The lowest BCUT2D eigenvalue weighted by atomic mass is 9.95. The molecule has 0 spiro atoms. The van der Waals surface area contributed by atoms with Crippen LogP contribution in [0, 0.1) is 0 Å². The topological polar surface area (TPSA) is 78.3 Å². The number of nitrogens with zero attached hydrogens (tertiary/aromatic N) is 6. The normalized spacial score (nSPS) is 20.2. The number of β-amino-alcohol motifs (C(OH)–C–C–N with tert-alkyl or cyclic N) is 1. The lowest BCUT2D eigenvalue weighted by Gasteiger charge is -2.20. The Kier molecular flexibility index (Phi) is 3.83. The van der Waals surface area contributed by atoms with Crippen LogP contribution in [0.4, 0.5) is 11.8 Å². The monoisotopic (exact) mass is 340 g/mol. The number of aliphatic hydroxyl groups excluding tert-OH is 1. The second-order valence-corrected chi connectivity index (χ2v) is 7.87. The van der Waals surface area contributed by atoms with E-state index in [4.69, 9.17) is 9.97 Å². The Hall–Kier alpha value is -2.28. The maximum absolute atomic E-state index is 9.74. The number of rotatable bonds is 2. The minimum Gasteiger partial charge on any atom is -0.391 e. The fourth-order valence-electron chi connectivity index (χ4n) is 3.27. The van der Waals surface area contributed by atoms with Gasteiger partial charge in [0.2, 0.25) is 5.95 Å². The number of aromatic nitrogens is 4. The first-order valence-electron chi connectivity index (χ1n) is 8.76. The Morgan fingerprint density at radius 1 is 1.12 bits per heavy atom. The number of aliphatic hydroxyl groups is 1. The van der Waals surface area contributed by atoms with E-state index in [1.807, 2.05) is 12.3 Å². The van der Waals surface area contributed by atoms with Crippen molar-refractivity contribution in [1.29, 1.82) is 0 Å². The van der Waals surface area contributed by atoms with Crippen molar-refractivity contribution >= 4 is 11.8 Å². The molecule has 4 rings (SSSR count). The van der Waals surface area contributed by atoms with Crippen LogP contribution >= 0.6 is 0 Å². The molecule has 7 nitrogen and oxygen atoms in total. The van der Waals surface area contributed by atoms with Crippen LogP contribution in [0.1, 0.15) is 44.3 Å². The quantitative estimate of drug-likeness (QED) is 0.890. The van der Waals surface area contributed by atoms with Crippen LogP contribution in [-0.2, 0) is 18.5 Å². The molecule has 0 unspecified atom stereocenters. The third kappa shape index (κ3) is 3.16. The summed E-state index contributed by atoms with van der Waals surface area (Å²) in [7, 11) is 0. The van der Waals surface area contributed by atoms with Crippen molar-refractivity contribution in [3.63, 3.8) is 0 Å². The third-order valence-corrected chi connectivity index (χ3v) is 4.73. The molecule has 0 saturated carbocycles. The van der Waals surface area contributed by atoms with Crippen molar-refractivity contribution in [1.82, 2.24) is 19.9 Å². The lowest BCUT2D eigenvalue weighted by molar-refractivity contribution is 0.198. The predicted octanol–water partition coefficient (Wildman–Crippen LogP) is 1.66. The highest BCUT2D eigenvalue weighted by Crippen LogP contribution is 2.28. The van der Waals surface area contributed by atoms with Gasteiger partial charge in [0.1, 0.15) is 11.6 Å². The SMILES string of the molecule is CC(C)(C)c1ncc2c(n1)CN(c1nccc(N3CC[C@@H](O)C3)n1)C2. The molecule has 0 aromatic carbocycles. The van der Waals surface area contributed by atoms with Gasteiger partial charge in [-0.1, -0.05) is 20.8 Å². The zero-order valence-corrected chi connectivity index (χ0v) is 15.0. The van der Waals surface area contributed by atoms with E-state index in [1.165, 1.54) is 0 Å². The molecule has 1 atom stereocenters. The summed E-state index contributed by atoms with van der Waals surface area (Å²) in [6, 6.07) is 1.91. The van der Waals surface area contributed by atoms with Gasteiger partial charge in [0.05, 0.1) is 18.3 Å². The summed E-state index contributed by atoms with van der Waals surface area (Å²) in [5.41, 5.74) is 2.14. The van der Waals surface area contributed by atoms with Crippen LogP contribution in [-0.4, -0.2) is 44.2 Å². The molecule has 4 heterocycles. The lowest BCUT2D eigenvalue weighted by Crippen LogP contribution is -2.24. The van der Waals surface area contributed by atoms with E-state index in [1.54, 1.807) is 6.20 Å². The van der Waals surface area contributed by atoms with Gasteiger partial charge in [0.25, 0.3) is 0 Å². The van der Waals surface area contributed by atoms with Gasteiger partial charge >= 0.3 is 0 Å². The van der Waals surface area contributed by atoms with Crippen LogP contribution in [0.5, 0.6) is 0 Å². The van der Waals surface area contributed by atoms with Gasteiger partial charge in [-0.25, -0.2) is 15.0 Å². The summed E-state index contributed by atoms with van der Waals surface area (Å²) >= 11 is 0. The van der Waals surface area contributed by atoms with E-state index < -0.39 is 0 Å². The van der Waals surface area contributed by atoms with Crippen molar-refractivity contribution in [3.05, 3.63) is 35.5 Å². The largest absolute Gasteiger partial charge is 0.391 e. The molecule has 0 bridgehead atoms. The summed E-state index contributed by atoms with van der Waals surface area (Å²) in [5, 5.41) is 9.74. The Bertz CT molecular complexity index is 787. The summed E-state index contributed by atoms with van der Waals surface area (Å²) in [4.78, 5) is 22.7. The molecule has 2 aromatic rings. The fraction of sp³-hybridized carbons (Fsp3) is 0.556. The highest BCUT2D eigenvalue weighted by atomic mass is 16.3. The standard InChI is InChI=1S/C18H24N6O/c1-18(2,3)16-20-8-12-9-24(11-14(12)21-16)17-19-6-4-15(22-17)23-7-5-13(25)10-23/h4,6,8,13,25H,5,7,9-11H2,1-3H3/t13-/m1/s1. The molecule has 25 heavy (non-hydrogen) atoms. The molecule has 1 saturated heterocycles. The van der Waals surface area contributed by atoms with Gasteiger partial charge in [-0.05, 0) is 12.5 Å². The first kappa shape index (κ1) is 16.2. The van der Waals surface area contributed by atoms with Crippen LogP contribution in [0.3, 0.4) is 0 Å². The average molecular weight is 340 g/mol. The van der Waals surface area contributed by atoms with Crippen molar-refractivity contribution < 1.29 is 5.11 Å². The summed E-state index contributed by atoms with van der Waals surface area (Å²) in [6.07, 6.45) is 4.25. The molecule has 2 aromatic heterocycles. The van der Waals surface area contributed by atoms with Gasteiger partial charge in [-0.2, -0.15) is 4.98 Å². The van der Waals surface area contributed by atoms with Crippen LogP contribution < -0.4 is 9.80 Å². The van der Waals surface area contributed by atoms with Crippen molar-refractivity contribution in [2.75, 3.05) is 22.9 Å². The van der Waals surface area contributed by atoms with Crippen LogP contribution in [0.15, 0.2) is 18.5 Å².